The third-order valence-electron chi connectivity index (χ3n) is 2.71. The Bertz CT molecular complexity index is 476. The molecule has 96 valence electrons. The van der Waals surface area contributed by atoms with Crippen LogP contribution in [0.1, 0.15) is 18.2 Å². The van der Waals surface area contributed by atoms with Crippen molar-refractivity contribution in [2.45, 2.75) is 25.9 Å². The Hall–Kier alpha value is -0.580. The van der Waals surface area contributed by atoms with E-state index in [9.17, 15) is 0 Å². The van der Waals surface area contributed by atoms with Crippen molar-refractivity contribution in [3.63, 3.8) is 0 Å². The van der Waals surface area contributed by atoms with Crippen molar-refractivity contribution in [2.24, 2.45) is 0 Å². The maximum Gasteiger partial charge on any atom is 0.183 e. The highest BCUT2D eigenvalue weighted by atomic mass is 79.9. The van der Waals surface area contributed by atoms with Crippen molar-refractivity contribution >= 4 is 31.9 Å². The van der Waals surface area contributed by atoms with Gasteiger partial charge in [-0.3, -0.25) is 0 Å². The Kier molecular flexibility index (Phi) is 5.03. The van der Waals surface area contributed by atoms with Crippen molar-refractivity contribution in [1.82, 2.24) is 5.32 Å². The summed E-state index contributed by atoms with van der Waals surface area (Å²) in [4.78, 5) is 0. The zero-order valence-corrected chi connectivity index (χ0v) is 13.3. The Morgan fingerprint density at radius 1 is 1.22 bits per heavy atom. The summed E-state index contributed by atoms with van der Waals surface area (Å²) in [7, 11) is 0. The van der Waals surface area contributed by atoms with Crippen molar-refractivity contribution in [3.8, 4) is 0 Å². The van der Waals surface area contributed by atoms with Crippen molar-refractivity contribution in [2.75, 3.05) is 0 Å². The van der Waals surface area contributed by atoms with Crippen LogP contribution in [0, 0.1) is 0 Å². The lowest BCUT2D eigenvalue weighted by Crippen LogP contribution is -2.27. The summed E-state index contributed by atoms with van der Waals surface area (Å²) < 4.78 is 7.22. The molecule has 0 aliphatic heterocycles. The molecule has 1 unspecified atom stereocenters. The molecule has 0 saturated carbocycles. The van der Waals surface area contributed by atoms with Gasteiger partial charge in [0.05, 0.1) is 11.0 Å². The molecule has 0 fully saturated rings. The van der Waals surface area contributed by atoms with Gasteiger partial charge in [0.15, 0.2) is 4.67 Å². The molecule has 0 aliphatic rings. The predicted molar refractivity (Wildman–Crippen MR) is 80.6 cm³/mol. The van der Waals surface area contributed by atoms with Gasteiger partial charge in [-0.05, 0) is 56.8 Å². The van der Waals surface area contributed by atoms with E-state index in [0.717, 1.165) is 27.9 Å². The molecule has 2 rings (SSSR count). The van der Waals surface area contributed by atoms with Gasteiger partial charge in [0.25, 0.3) is 0 Å². The Morgan fingerprint density at radius 2 is 1.94 bits per heavy atom. The quantitative estimate of drug-likeness (QED) is 0.834. The molecule has 1 aromatic carbocycles. The molecule has 2 aromatic rings. The average Bonchev–Trinajstić information content (AvgIpc) is 2.68. The van der Waals surface area contributed by atoms with Crippen LogP contribution in [-0.4, -0.2) is 6.04 Å². The Balaban J connectivity index is 1.83. The number of rotatable bonds is 5. The van der Waals surface area contributed by atoms with E-state index in [0.29, 0.717) is 6.04 Å². The lowest BCUT2D eigenvalue weighted by molar-refractivity contribution is 0.441. The molecule has 0 saturated heterocycles. The molecule has 1 N–H and O–H groups in total. The van der Waals surface area contributed by atoms with Crippen LogP contribution in [0.3, 0.4) is 0 Å². The average molecular weight is 373 g/mol. The van der Waals surface area contributed by atoms with E-state index < -0.39 is 0 Å². The highest BCUT2D eigenvalue weighted by molar-refractivity contribution is 9.13. The maximum absolute atomic E-state index is 5.52. The summed E-state index contributed by atoms with van der Waals surface area (Å²) in [5.74, 6) is 0.925. The third-order valence-corrected chi connectivity index (χ3v) is 4.42. The van der Waals surface area contributed by atoms with E-state index in [-0.39, 0.29) is 0 Å². The normalized spacial score (nSPS) is 12.6. The fourth-order valence-corrected chi connectivity index (χ4v) is 2.45. The third kappa shape index (κ3) is 3.97. The highest BCUT2D eigenvalue weighted by Gasteiger charge is 2.08. The van der Waals surface area contributed by atoms with E-state index in [1.54, 1.807) is 0 Å². The molecule has 1 atom stereocenters. The maximum atomic E-state index is 5.52. The second kappa shape index (κ2) is 6.55. The molecule has 4 heteroatoms. The fourth-order valence-electron chi connectivity index (χ4n) is 1.79. The molecule has 1 aromatic heterocycles. The van der Waals surface area contributed by atoms with Crippen LogP contribution in [0.2, 0.25) is 0 Å². The van der Waals surface area contributed by atoms with Crippen LogP contribution in [-0.2, 0) is 13.0 Å². The molecule has 2 nitrogen and oxygen atoms in total. The van der Waals surface area contributed by atoms with Crippen LogP contribution in [0.15, 0.2) is 50.0 Å². The Morgan fingerprint density at radius 3 is 2.56 bits per heavy atom. The number of furan rings is 1. The van der Waals surface area contributed by atoms with Crippen molar-refractivity contribution in [1.29, 1.82) is 0 Å². The first-order valence-electron chi connectivity index (χ1n) is 5.86. The number of hydrogen-bond donors (Lipinski definition) is 1. The first kappa shape index (κ1) is 13.8. The standard InChI is InChI=1S/C14H15Br2NO/c1-10(7-11-5-3-2-4-6-11)17-9-12-8-13(15)14(16)18-12/h2-6,8,10,17H,7,9H2,1H3. The van der Waals surface area contributed by atoms with Gasteiger partial charge in [-0.25, -0.2) is 0 Å². The van der Waals surface area contributed by atoms with Gasteiger partial charge in [0.1, 0.15) is 5.76 Å². The fraction of sp³-hybridized carbons (Fsp3) is 0.286. The zero-order valence-electron chi connectivity index (χ0n) is 10.1. The molecule has 0 radical (unpaired) electrons. The SMILES string of the molecule is CC(Cc1ccccc1)NCc1cc(Br)c(Br)o1. The van der Waals surface area contributed by atoms with E-state index in [4.69, 9.17) is 4.42 Å². The topological polar surface area (TPSA) is 25.2 Å². The smallest absolute Gasteiger partial charge is 0.183 e. The monoisotopic (exact) mass is 371 g/mol. The van der Waals surface area contributed by atoms with E-state index in [1.807, 2.05) is 12.1 Å². The second-order valence-corrected chi connectivity index (χ2v) is 5.88. The lowest BCUT2D eigenvalue weighted by atomic mass is 10.1. The summed E-state index contributed by atoms with van der Waals surface area (Å²) in [6.07, 6.45) is 1.02. The van der Waals surface area contributed by atoms with Gasteiger partial charge in [0, 0.05) is 6.04 Å². The minimum absolute atomic E-state index is 0.412. The minimum Gasteiger partial charge on any atom is -0.452 e. The van der Waals surface area contributed by atoms with E-state index in [1.165, 1.54) is 5.56 Å². The van der Waals surface area contributed by atoms with Crippen LogP contribution < -0.4 is 5.32 Å². The van der Waals surface area contributed by atoms with E-state index in [2.05, 4.69) is 68.4 Å². The van der Waals surface area contributed by atoms with Crippen molar-refractivity contribution in [3.05, 3.63) is 56.9 Å². The molecule has 0 bridgehead atoms. The van der Waals surface area contributed by atoms with Gasteiger partial charge >= 0.3 is 0 Å². The Labute approximate surface area is 124 Å². The lowest BCUT2D eigenvalue weighted by Gasteiger charge is -2.12. The van der Waals surface area contributed by atoms with Gasteiger partial charge < -0.3 is 9.73 Å². The highest BCUT2D eigenvalue weighted by Crippen LogP contribution is 2.26. The predicted octanol–water partition coefficient (Wildman–Crippen LogP) is 4.53. The van der Waals surface area contributed by atoms with E-state index >= 15 is 0 Å². The molecule has 18 heavy (non-hydrogen) atoms. The summed E-state index contributed by atoms with van der Waals surface area (Å²) in [6, 6.07) is 12.9. The van der Waals surface area contributed by atoms with Crippen LogP contribution in [0.5, 0.6) is 0 Å². The molecular weight excluding hydrogens is 358 g/mol. The molecular formula is C14H15Br2NO. The summed E-state index contributed by atoms with van der Waals surface area (Å²) in [6.45, 7) is 2.91. The summed E-state index contributed by atoms with van der Waals surface area (Å²) in [5.41, 5.74) is 1.35. The second-order valence-electron chi connectivity index (χ2n) is 4.31. The number of hydrogen-bond acceptors (Lipinski definition) is 2. The van der Waals surface area contributed by atoms with Gasteiger partial charge in [-0.1, -0.05) is 30.3 Å². The summed E-state index contributed by atoms with van der Waals surface area (Å²) >= 11 is 6.74. The minimum atomic E-state index is 0.412. The van der Waals surface area contributed by atoms with Gasteiger partial charge in [0.2, 0.25) is 0 Å². The van der Waals surface area contributed by atoms with Crippen LogP contribution >= 0.6 is 31.9 Å². The summed E-state index contributed by atoms with van der Waals surface area (Å²) in [5, 5.41) is 3.45. The largest absolute Gasteiger partial charge is 0.452 e. The number of nitrogens with one attached hydrogen (secondary N) is 1. The van der Waals surface area contributed by atoms with Gasteiger partial charge in [-0.2, -0.15) is 0 Å². The zero-order chi connectivity index (χ0) is 13.0. The van der Waals surface area contributed by atoms with Crippen LogP contribution in [0.4, 0.5) is 0 Å². The number of halogens is 2. The number of benzene rings is 1. The first-order valence-corrected chi connectivity index (χ1v) is 7.45. The first-order chi connectivity index (χ1) is 8.65. The molecule has 0 spiro atoms. The van der Waals surface area contributed by atoms with Gasteiger partial charge in [-0.15, -0.1) is 0 Å². The van der Waals surface area contributed by atoms with Crippen LogP contribution in [0.25, 0.3) is 0 Å². The molecule has 0 aliphatic carbocycles. The molecule has 0 amide bonds. The van der Waals surface area contributed by atoms with Crippen molar-refractivity contribution < 1.29 is 4.42 Å². The molecule has 1 heterocycles.